The third kappa shape index (κ3) is 8.07. The van der Waals surface area contributed by atoms with Gasteiger partial charge in [0, 0.05) is 24.5 Å². The van der Waals surface area contributed by atoms with E-state index in [0.717, 1.165) is 25.6 Å². The first kappa shape index (κ1) is 21.6. The van der Waals surface area contributed by atoms with Gasteiger partial charge in [0.25, 0.3) is 0 Å². The molecule has 1 saturated heterocycles. The van der Waals surface area contributed by atoms with E-state index in [1.165, 1.54) is 42.8 Å². The molecule has 136 valence electrons. The molecule has 2 N–H and O–H groups in total. The summed E-state index contributed by atoms with van der Waals surface area (Å²) in [5, 5.41) is 6.78. The van der Waals surface area contributed by atoms with E-state index < -0.39 is 0 Å². The summed E-state index contributed by atoms with van der Waals surface area (Å²) < 4.78 is 0. The molecule has 1 fully saturated rings. The lowest BCUT2D eigenvalue weighted by molar-refractivity contribution is 0.232. The highest BCUT2D eigenvalue weighted by molar-refractivity contribution is 14.0. The van der Waals surface area contributed by atoms with E-state index in [0.29, 0.717) is 6.54 Å². The van der Waals surface area contributed by atoms with Crippen LogP contribution in [0, 0.1) is 0 Å². The van der Waals surface area contributed by atoms with Gasteiger partial charge < -0.3 is 15.5 Å². The molecule has 0 saturated carbocycles. The zero-order chi connectivity index (χ0) is 16.3. The Bertz CT molecular complexity index is 472. The third-order valence-electron chi connectivity index (χ3n) is 4.09. The summed E-state index contributed by atoms with van der Waals surface area (Å²) in [7, 11) is 0. The molecule has 0 amide bonds. The maximum Gasteiger partial charge on any atom is 0.191 e. The van der Waals surface area contributed by atoms with Gasteiger partial charge in [-0.25, -0.2) is 4.99 Å². The number of halogens is 1. The van der Waals surface area contributed by atoms with Gasteiger partial charge in [-0.15, -0.1) is 35.7 Å². The summed E-state index contributed by atoms with van der Waals surface area (Å²) in [6.45, 7) is 8.27. The fraction of sp³-hybridized carbons (Fsp3) is 0.611. The van der Waals surface area contributed by atoms with Crippen molar-refractivity contribution in [2.24, 2.45) is 4.99 Å². The Morgan fingerprint density at radius 1 is 1.12 bits per heavy atom. The molecular weight excluding hydrogens is 431 g/mol. The average molecular weight is 462 g/mol. The SMILES string of the molecule is CCNC(=NCc1ccc(SC)cc1)NCCN1CCCCC1.I. The number of thioether (sulfide) groups is 1. The first-order chi connectivity index (χ1) is 11.3. The summed E-state index contributed by atoms with van der Waals surface area (Å²) in [6, 6.07) is 8.64. The normalized spacial score (nSPS) is 15.7. The summed E-state index contributed by atoms with van der Waals surface area (Å²) in [6.07, 6.45) is 6.19. The molecule has 1 aromatic carbocycles. The zero-order valence-electron chi connectivity index (χ0n) is 14.9. The van der Waals surface area contributed by atoms with E-state index in [4.69, 9.17) is 4.99 Å². The highest BCUT2D eigenvalue weighted by atomic mass is 127. The minimum atomic E-state index is 0. The standard InChI is InChI=1S/C18H30N4S.HI/c1-3-19-18(20-11-14-22-12-5-4-6-13-22)21-15-16-7-9-17(23-2)10-8-16;/h7-10H,3-6,11-15H2,1-2H3,(H2,19,20,21);1H. The maximum absolute atomic E-state index is 4.69. The highest BCUT2D eigenvalue weighted by Gasteiger charge is 2.09. The van der Waals surface area contributed by atoms with Gasteiger partial charge in [-0.1, -0.05) is 18.6 Å². The molecule has 0 spiro atoms. The predicted molar refractivity (Wildman–Crippen MR) is 117 cm³/mol. The average Bonchev–Trinajstić information content (AvgIpc) is 2.61. The Morgan fingerprint density at radius 3 is 2.46 bits per heavy atom. The van der Waals surface area contributed by atoms with Gasteiger partial charge in [0.1, 0.15) is 0 Å². The Balaban J connectivity index is 0.00000288. The molecule has 2 rings (SSSR count). The van der Waals surface area contributed by atoms with E-state index in [9.17, 15) is 0 Å². The van der Waals surface area contributed by atoms with Crippen molar-refractivity contribution in [3.63, 3.8) is 0 Å². The van der Waals surface area contributed by atoms with Crippen molar-refractivity contribution in [2.75, 3.05) is 39.0 Å². The number of hydrogen-bond acceptors (Lipinski definition) is 3. The fourth-order valence-electron chi connectivity index (χ4n) is 2.76. The number of hydrogen-bond donors (Lipinski definition) is 2. The smallest absolute Gasteiger partial charge is 0.191 e. The van der Waals surface area contributed by atoms with Gasteiger partial charge in [-0.2, -0.15) is 0 Å². The van der Waals surface area contributed by atoms with E-state index in [2.05, 4.69) is 53.0 Å². The molecule has 1 aromatic rings. The molecule has 0 aliphatic carbocycles. The van der Waals surface area contributed by atoms with Crippen LogP contribution in [0.15, 0.2) is 34.2 Å². The van der Waals surface area contributed by atoms with Crippen LogP contribution in [0.4, 0.5) is 0 Å². The molecule has 0 unspecified atom stereocenters. The molecule has 0 aromatic heterocycles. The number of benzene rings is 1. The summed E-state index contributed by atoms with van der Waals surface area (Å²) >= 11 is 1.77. The van der Waals surface area contributed by atoms with Crippen LogP contribution < -0.4 is 10.6 Å². The van der Waals surface area contributed by atoms with Crippen LogP contribution in [0.2, 0.25) is 0 Å². The zero-order valence-corrected chi connectivity index (χ0v) is 18.0. The number of likely N-dealkylation sites (tertiary alicyclic amines) is 1. The molecule has 0 bridgehead atoms. The lowest BCUT2D eigenvalue weighted by Crippen LogP contribution is -2.42. The second-order valence-corrected chi connectivity index (χ2v) is 6.75. The summed E-state index contributed by atoms with van der Waals surface area (Å²) in [5.41, 5.74) is 1.25. The lowest BCUT2D eigenvalue weighted by atomic mass is 10.1. The maximum atomic E-state index is 4.69. The van der Waals surface area contributed by atoms with Gasteiger partial charge >= 0.3 is 0 Å². The van der Waals surface area contributed by atoms with Crippen LogP contribution in [-0.2, 0) is 6.54 Å². The second-order valence-electron chi connectivity index (χ2n) is 5.87. The number of nitrogens with one attached hydrogen (secondary N) is 2. The topological polar surface area (TPSA) is 39.7 Å². The number of rotatable bonds is 7. The summed E-state index contributed by atoms with van der Waals surface area (Å²) in [4.78, 5) is 8.53. The molecule has 6 heteroatoms. The van der Waals surface area contributed by atoms with Crippen LogP contribution in [0.5, 0.6) is 0 Å². The molecule has 0 atom stereocenters. The number of piperidine rings is 1. The highest BCUT2D eigenvalue weighted by Crippen LogP contribution is 2.15. The van der Waals surface area contributed by atoms with Crippen LogP contribution in [0.3, 0.4) is 0 Å². The molecule has 1 aliphatic heterocycles. The minimum Gasteiger partial charge on any atom is -0.357 e. The van der Waals surface area contributed by atoms with Gasteiger partial charge in [0.05, 0.1) is 6.54 Å². The van der Waals surface area contributed by atoms with Crippen LogP contribution >= 0.6 is 35.7 Å². The van der Waals surface area contributed by atoms with E-state index in [-0.39, 0.29) is 24.0 Å². The summed E-state index contributed by atoms with van der Waals surface area (Å²) in [5.74, 6) is 0.915. The van der Waals surface area contributed by atoms with Crippen molar-refractivity contribution < 1.29 is 0 Å². The largest absolute Gasteiger partial charge is 0.357 e. The molecule has 24 heavy (non-hydrogen) atoms. The van der Waals surface area contributed by atoms with Crippen LogP contribution in [0.25, 0.3) is 0 Å². The van der Waals surface area contributed by atoms with E-state index in [1.807, 2.05) is 0 Å². The van der Waals surface area contributed by atoms with Gasteiger partial charge in [0.2, 0.25) is 0 Å². The van der Waals surface area contributed by atoms with Crippen molar-refractivity contribution in [2.45, 2.75) is 37.6 Å². The quantitative estimate of drug-likeness (QED) is 0.281. The van der Waals surface area contributed by atoms with Crippen molar-refractivity contribution in [1.29, 1.82) is 0 Å². The Kier molecular flexibility index (Phi) is 11.5. The Labute approximate surface area is 168 Å². The Hall–Kier alpha value is -0.470. The van der Waals surface area contributed by atoms with Gasteiger partial charge in [-0.05, 0) is 56.8 Å². The minimum absolute atomic E-state index is 0. The van der Waals surface area contributed by atoms with Crippen molar-refractivity contribution >= 4 is 41.7 Å². The number of nitrogens with zero attached hydrogens (tertiary/aromatic N) is 2. The number of aliphatic imine (C=N–C) groups is 1. The molecule has 1 heterocycles. The monoisotopic (exact) mass is 462 g/mol. The van der Waals surface area contributed by atoms with Gasteiger partial charge in [0.15, 0.2) is 5.96 Å². The van der Waals surface area contributed by atoms with Crippen LogP contribution in [0.1, 0.15) is 31.7 Å². The molecule has 4 nitrogen and oxygen atoms in total. The number of guanidine groups is 1. The third-order valence-corrected chi connectivity index (χ3v) is 4.84. The first-order valence-electron chi connectivity index (χ1n) is 8.69. The second kappa shape index (κ2) is 12.8. The van der Waals surface area contributed by atoms with Gasteiger partial charge in [-0.3, -0.25) is 0 Å². The predicted octanol–water partition coefficient (Wildman–Crippen LogP) is 3.57. The fourth-order valence-corrected chi connectivity index (χ4v) is 3.17. The molecular formula is C18H31IN4S. The van der Waals surface area contributed by atoms with Crippen LogP contribution in [-0.4, -0.2) is 49.8 Å². The van der Waals surface area contributed by atoms with Crippen molar-refractivity contribution in [3.8, 4) is 0 Å². The molecule has 1 aliphatic rings. The van der Waals surface area contributed by atoms with Crippen molar-refractivity contribution in [1.82, 2.24) is 15.5 Å². The lowest BCUT2D eigenvalue weighted by Gasteiger charge is -2.26. The first-order valence-corrected chi connectivity index (χ1v) is 9.91. The molecule has 0 radical (unpaired) electrons. The van der Waals surface area contributed by atoms with E-state index >= 15 is 0 Å². The Morgan fingerprint density at radius 2 is 1.83 bits per heavy atom. The van der Waals surface area contributed by atoms with E-state index in [1.54, 1.807) is 11.8 Å². The van der Waals surface area contributed by atoms with Crippen molar-refractivity contribution in [3.05, 3.63) is 29.8 Å².